The van der Waals surface area contributed by atoms with Crippen molar-refractivity contribution in [2.75, 3.05) is 13.6 Å². The predicted molar refractivity (Wildman–Crippen MR) is 87.6 cm³/mol. The van der Waals surface area contributed by atoms with Crippen LogP contribution in [0.1, 0.15) is 35.3 Å². The predicted octanol–water partition coefficient (Wildman–Crippen LogP) is 2.24. The van der Waals surface area contributed by atoms with E-state index >= 15 is 0 Å². The number of aryl methyl sites for hydroxylation is 1. The molecule has 0 spiro atoms. The van der Waals surface area contributed by atoms with E-state index in [2.05, 4.69) is 15.5 Å². The van der Waals surface area contributed by atoms with E-state index in [9.17, 15) is 18.4 Å². The van der Waals surface area contributed by atoms with Crippen molar-refractivity contribution in [1.29, 1.82) is 0 Å². The quantitative estimate of drug-likeness (QED) is 0.768. The maximum atomic E-state index is 12.7. The lowest BCUT2D eigenvalue weighted by Crippen LogP contribution is -2.46. The van der Waals surface area contributed by atoms with Gasteiger partial charge in [-0.05, 0) is 32.1 Å². The second kappa shape index (κ2) is 6.90. The summed E-state index contributed by atoms with van der Waals surface area (Å²) in [6, 6.07) is -0.189. The number of nitrogens with one attached hydrogen (secondary N) is 2. The van der Waals surface area contributed by atoms with Gasteiger partial charge in [0.1, 0.15) is 0 Å². The summed E-state index contributed by atoms with van der Waals surface area (Å²) < 4.78 is 25.2. The van der Waals surface area contributed by atoms with Crippen molar-refractivity contribution in [1.82, 2.24) is 20.4 Å². The summed E-state index contributed by atoms with van der Waals surface area (Å²) in [5, 5.41) is 9.35. The van der Waals surface area contributed by atoms with Gasteiger partial charge in [0.15, 0.2) is 5.15 Å². The van der Waals surface area contributed by atoms with Crippen molar-refractivity contribution >= 4 is 23.4 Å². The average molecular weight is 375 g/mol. The molecule has 0 radical (unpaired) electrons. The molecule has 6 nitrogen and oxygen atoms in total. The van der Waals surface area contributed by atoms with Crippen LogP contribution in [0.25, 0.3) is 0 Å². The van der Waals surface area contributed by atoms with Crippen LogP contribution in [0.4, 0.5) is 8.78 Å². The molecule has 3 rings (SSSR count). The average Bonchev–Trinajstić information content (AvgIpc) is 3.44. The lowest BCUT2D eigenvalue weighted by molar-refractivity contribution is -0.123. The van der Waals surface area contributed by atoms with Crippen molar-refractivity contribution in [2.24, 2.45) is 17.8 Å². The topological polar surface area (TPSA) is 78.1 Å². The molecule has 1 unspecified atom stereocenters. The van der Waals surface area contributed by atoms with Gasteiger partial charge in [-0.1, -0.05) is 11.6 Å². The molecule has 2 amide bonds. The molecule has 25 heavy (non-hydrogen) atoms. The fourth-order valence-electron chi connectivity index (χ4n) is 3.21. The van der Waals surface area contributed by atoms with Crippen molar-refractivity contribution in [3.05, 3.63) is 16.4 Å². The summed E-state index contributed by atoms with van der Waals surface area (Å²) in [6.45, 7) is 1.97. The molecule has 138 valence electrons. The Morgan fingerprint density at radius 1 is 1.44 bits per heavy atom. The van der Waals surface area contributed by atoms with Gasteiger partial charge in [-0.3, -0.25) is 14.7 Å². The lowest BCUT2D eigenvalue weighted by Gasteiger charge is -2.28. The Kier molecular flexibility index (Phi) is 4.99. The molecule has 0 aliphatic heterocycles. The van der Waals surface area contributed by atoms with Gasteiger partial charge in [0.2, 0.25) is 12.3 Å². The van der Waals surface area contributed by atoms with Crippen molar-refractivity contribution in [3.8, 4) is 0 Å². The molecule has 2 aliphatic rings. The first kappa shape index (κ1) is 18.1. The highest BCUT2D eigenvalue weighted by atomic mass is 35.5. The Bertz CT molecular complexity index is 658. The van der Waals surface area contributed by atoms with E-state index in [1.54, 1.807) is 18.9 Å². The van der Waals surface area contributed by atoms with Gasteiger partial charge in [0.25, 0.3) is 5.91 Å². The third kappa shape index (κ3) is 3.78. The summed E-state index contributed by atoms with van der Waals surface area (Å²) in [5.41, 5.74) is 0.902. The number of likely N-dealkylation sites (N-methyl/N-ethyl adjacent to an activating group) is 1. The first-order valence-electron chi connectivity index (χ1n) is 8.34. The van der Waals surface area contributed by atoms with E-state index in [4.69, 9.17) is 11.6 Å². The summed E-state index contributed by atoms with van der Waals surface area (Å²) in [6.07, 6.45) is -0.278. The number of alkyl halides is 2. The first-order chi connectivity index (χ1) is 11.8. The van der Waals surface area contributed by atoms with Crippen molar-refractivity contribution in [3.63, 3.8) is 0 Å². The van der Waals surface area contributed by atoms with Gasteiger partial charge in [-0.25, -0.2) is 8.78 Å². The maximum absolute atomic E-state index is 12.7. The fraction of sp³-hybridized carbons (Fsp3) is 0.688. The molecule has 1 heterocycles. The molecule has 0 aromatic carbocycles. The molecule has 2 aliphatic carbocycles. The Balaban J connectivity index is 1.61. The highest BCUT2D eigenvalue weighted by Gasteiger charge is 2.49. The molecular weight excluding hydrogens is 354 g/mol. The molecule has 0 bridgehead atoms. The van der Waals surface area contributed by atoms with Crippen LogP contribution in [0.5, 0.6) is 0 Å². The van der Waals surface area contributed by atoms with Crippen molar-refractivity contribution in [2.45, 2.75) is 38.7 Å². The number of amides is 2. The van der Waals surface area contributed by atoms with Crippen LogP contribution < -0.4 is 5.32 Å². The molecule has 2 N–H and O–H groups in total. The normalized spacial score (nSPS) is 23.4. The summed E-state index contributed by atoms with van der Waals surface area (Å²) in [5.74, 6) is -1.75. The molecule has 2 saturated carbocycles. The maximum Gasteiger partial charge on any atom is 0.258 e. The number of carbonyl (C=O) groups excluding carboxylic acids is 2. The van der Waals surface area contributed by atoms with E-state index in [0.29, 0.717) is 17.2 Å². The minimum absolute atomic E-state index is 0.116. The zero-order valence-corrected chi connectivity index (χ0v) is 14.8. The van der Waals surface area contributed by atoms with Gasteiger partial charge in [-0.15, -0.1) is 0 Å². The number of H-pyrrole nitrogens is 1. The number of aromatic nitrogens is 2. The SMILES string of the molecule is Cc1[nH]nc(Cl)c1C(=O)N(C)C(CNC(=O)[C@H]1C[C@@H]1C(F)F)C1CC1. The van der Waals surface area contributed by atoms with E-state index in [1.807, 2.05) is 0 Å². The smallest absolute Gasteiger partial charge is 0.258 e. The number of hydrogen-bond acceptors (Lipinski definition) is 3. The lowest BCUT2D eigenvalue weighted by atomic mass is 10.1. The number of aromatic amines is 1. The fourth-order valence-corrected chi connectivity index (χ4v) is 3.47. The molecular formula is C16H21ClF2N4O2. The molecule has 2 fully saturated rings. The Labute approximate surface area is 149 Å². The van der Waals surface area contributed by atoms with Gasteiger partial charge in [0, 0.05) is 31.1 Å². The number of nitrogens with zero attached hydrogens (tertiary/aromatic N) is 2. The zero-order chi connectivity index (χ0) is 18.3. The standard InChI is InChI=1S/C16H21ClF2N4O2/c1-7-12(13(17)22-21-7)16(25)23(2)11(8-3-4-8)6-20-15(24)10-5-9(10)14(18)19/h8-11,14H,3-6H2,1-2H3,(H,20,24)(H,21,22)/t9-,10-,11?/m0/s1. The Morgan fingerprint density at radius 2 is 2.12 bits per heavy atom. The van der Waals surface area contributed by atoms with Gasteiger partial charge >= 0.3 is 0 Å². The highest BCUT2D eigenvalue weighted by molar-refractivity contribution is 6.32. The monoisotopic (exact) mass is 374 g/mol. The largest absolute Gasteiger partial charge is 0.354 e. The van der Waals surface area contributed by atoms with E-state index in [1.165, 1.54) is 0 Å². The summed E-state index contributed by atoms with van der Waals surface area (Å²) >= 11 is 5.98. The van der Waals surface area contributed by atoms with Crippen LogP contribution in [0, 0.1) is 24.7 Å². The highest BCUT2D eigenvalue weighted by Crippen LogP contribution is 2.43. The minimum Gasteiger partial charge on any atom is -0.354 e. The van der Waals surface area contributed by atoms with Crippen LogP contribution >= 0.6 is 11.6 Å². The minimum atomic E-state index is -2.45. The first-order valence-corrected chi connectivity index (χ1v) is 8.72. The van der Waals surface area contributed by atoms with Crippen molar-refractivity contribution < 1.29 is 18.4 Å². The van der Waals surface area contributed by atoms with Gasteiger partial charge in [-0.2, -0.15) is 5.10 Å². The zero-order valence-electron chi connectivity index (χ0n) is 14.1. The van der Waals surface area contributed by atoms with Crippen LogP contribution in [-0.2, 0) is 4.79 Å². The van der Waals surface area contributed by atoms with E-state index in [-0.39, 0.29) is 36.0 Å². The Morgan fingerprint density at radius 3 is 2.60 bits per heavy atom. The van der Waals surface area contributed by atoms with Gasteiger partial charge < -0.3 is 10.2 Å². The van der Waals surface area contributed by atoms with Crippen LogP contribution in [0.15, 0.2) is 0 Å². The third-order valence-electron chi connectivity index (χ3n) is 5.09. The van der Waals surface area contributed by atoms with Gasteiger partial charge in [0.05, 0.1) is 11.6 Å². The second-order valence-corrected chi connectivity index (χ2v) is 7.28. The van der Waals surface area contributed by atoms with Crippen LogP contribution in [0.2, 0.25) is 5.15 Å². The molecule has 3 atom stereocenters. The van der Waals surface area contributed by atoms with Crippen LogP contribution in [0.3, 0.4) is 0 Å². The molecule has 1 aromatic heterocycles. The Hall–Kier alpha value is -1.70. The molecule has 1 aromatic rings. The number of carbonyl (C=O) groups is 2. The number of hydrogen-bond donors (Lipinski definition) is 2. The summed E-state index contributed by atoms with van der Waals surface area (Å²) in [7, 11) is 1.67. The second-order valence-electron chi connectivity index (χ2n) is 6.92. The van der Waals surface area contributed by atoms with E-state index in [0.717, 1.165) is 12.8 Å². The number of halogens is 3. The van der Waals surface area contributed by atoms with E-state index < -0.39 is 18.3 Å². The third-order valence-corrected chi connectivity index (χ3v) is 5.36. The van der Waals surface area contributed by atoms with Crippen LogP contribution in [-0.4, -0.2) is 53.0 Å². The molecule has 9 heteroatoms. The molecule has 0 saturated heterocycles. The number of rotatable bonds is 7. The summed E-state index contributed by atoms with van der Waals surface area (Å²) in [4.78, 5) is 26.3.